The van der Waals surface area contributed by atoms with Gasteiger partial charge in [0.25, 0.3) is 0 Å². The Kier molecular flexibility index (Phi) is 11.8. The van der Waals surface area contributed by atoms with E-state index in [9.17, 15) is 29.4 Å². The number of thiol groups is 1. The van der Waals surface area contributed by atoms with E-state index >= 15 is 0 Å². The second-order valence-corrected chi connectivity index (χ2v) is 7.82. The van der Waals surface area contributed by atoms with Gasteiger partial charge in [-0.1, -0.05) is 34.1 Å². The maximum atomic E-state index is 12.7. The predicted molar refractivity (Wildman–Crippen MR) is 111 cm³/mol. The lowest BCUT2D eigenvalue weighted by Gasteiger charge is -2.29. The SMILES string of the molecule is CCC(C)C(NC(=O)C(NC(=O)C(N)CS)C(C)O)C(=O)NC(C(=O)O)C(C)C. The average Bonchev–Trinajstić information content (AvgIpc) is 2.65. The minimum atomic E-state index is -1.34. The van der Waals surface area contributed by atoms with E-state index in [2.05, 4.69) is 28.6 Å². The van der Waals surface area contributed by atoms with Gasteiger partial charge < -0.3 is 31.9 Å². The highest BCUT2D eigenvalue weighted by Gasteiger charge is 2.34. The Morgan fingerprint density at radius 1 is 0.897 bits per heavy atom. The Morgan fingerprint density at radius 2 is 1.34 bits per heavy atom. The van der Waals surface area contributed by atoms with Gasteiger partial charge in [-0.3, -0.25) is 14.4 Å². The van der Waals surface area contributed by atoms with Crippen LogP contribution in [-0.2, 0) is 19.2 Å². The van der Waals surface area contributed by atoms with E-state index in [4.69, 9.17) is 5.73 Å². The molecular formula is C18H34N4O6S. The number of carbonyl (C=O) groups excluding carboxylic acids is 3. The zero-order valence-corrected chi connectivity index (χ0v) is 18.4. The lowest BCUT2D eigenvalue weighted by Crippen LogP contribution is -2.61. The first-order chi connectivity index (χ1) is 13.4. The smallest absolute Gasteiger partial charge is 0.326 e. The Hall–Kier alpha value is -1.85. The number of nitrogens with two attached hydrogens (primary N) is 1. The Bertz CT molecular complexity index is 587. The van der Waals surface area contributed by atoms with Gasteiger partial charge in [-0.05, 0) is 18.8 Å². The van der Waals surface area contributed by atoms with Crippen molar-refractivity contribution in [3.63, 3.8) is 0 Å². The van der Waals surface area contributed by atoms with Crippen LogP contribution in [0.1, 0.15) is 41.0 Å². The Morgan fingerprint density at radius 3 is 1.72 bits per heavy atom. The van der Waals surface area contributed by atoms with Gasteiger partial charge in [-0.25, -0.2) is 4.79 Å². The molecule has 0 spiro atoms. The molecule has 0 fully saturated rings. The molecule has 0 aliphatic rings. The highest BCUT2D eigenvalue weighted by Crippen LogP contribution is 2.11. The van der Waals surface area contributed by atoms with Gasteiger partial charge in [-0.2, -0.15) is 12.6 Å². The molecule has 0 radical (unpaired) electrons. The van der Waals surface area contributed by atoms with Crippen molar-refractivity contribution in [3.05, 3.63) is 0 Å². The van der Waals surface area contributed by atoms with Crippen LogP contribution in [0.3, 0.4) is 0 Å². The summed E-state index contributed by atoms with van der Waals surface area (Å²) in [6.45, 7) is 8.16. The van der Waals surface area contributed by atoms with E-state index in [1.165, 1.54) is 6.92 Å². The number of aliphatic carboxylic acids is 1. The third kappa shape index (κ3) is 8.58. The number of hydrogen-bond donors (Lipinski definition) is 7. The van der Waals surface area contributed by atoms with E-state index in [-0.39, 0.29) is 17.6 Å². The number of hydrogen-bond acceptors (Lipinski definition) is 7. The van der Waals surface area contributed by atoms with Crippen LogP contribution in [0.25, 0.3) is 0 Å². The molecule has 0 saturated heterocycles. The zero-order valence-electron chi connectivity index (χ0n) is 17.5. The van der Waals surface area contributed by atoms with Crippen LogP contribution in [-0.4, -0.2) is 69.9 Å². The number of carbonyl (C=O) groups is 4. The summed E-state index contributed by atoms with van der Waals surface area (Å²) in [7, 11) is 0. The number of aliphatic hydroxyl groups is 1. The maximum Gasteiger partial charge on any atom is 0.326 e. The second-order valence-electron chi connectivity index (χ2n) is 7.46. The first kappa shape index (κ1) is 27.1. The van der Waals surface area contributed by atoms with Crippen LogP contribution in [0.4, 0.5) is 0 Å². The number of aliphatic hydroxyl groups excluding tert-OH is 1. The van der Waals surface area contributed by atoms with E-state index in [1.807, 2.05) is 6.92 Å². The summed E-state index contributed by atoms with van der Waals surface area (Å²) in [6.07, 6.45) is -0.734. The molecule has 0 aromatic rings. The van der Waals surface area contributed by atoms with Gasteiger partial charge in [0.1, 0.15) is 18.1 Å². The minimum Gasteiger partial charge on any atom is -0.480 e. The quantitative estimate of drug-likeness (QED) is 0.190. The number of rotatable bonds is 12. The molecule has 3 amide bonds. The summed E-state index contributed by atoms with van der Waals surface area (Å²) >= 11 is 3.92. The zero-order chi connectivity index (χ0) is 22.9. The Balaban J connectivity index is 5.46. The van der Waals surface area contributed by atoms with Crippen LogP contribution in [0.5, 0.6) is 0 Å². The summed E-state index contributed by atoms with van der Waals surface area (Å²) in [6, 6.07) is -4.48. The normalized spacial score (nSPS) is 17.4. The van der Waals surface area contributed by atoms with Gasteiger partial charge in [0, 0.05) is 5.75 Å². The molecule has 0 aromatic carbocycles. The molecule has 0 aliphatic carbocycles. The van der Waals surface area contributed by atoms with Crippen molar-refractivity contribution >= 4 is 36.3 Å². The van der Waals surface area contributed by atoms with E-state index in [0.717, 1.165) is 0 Å². The van der Waals surface area contributed by atoms with Gasteiger partial charge in [0.2, 0.25) is 17.7 Å². The fourth-order valence-electron chi connectivity index (χ4n) is 2.45. The third-order valence-corrected chi connectivity index (χ3v) is 5.01. The van der Waals surface area contributed by atoms with E-state index < -0.39 is 54.0 Å². The van der Waals surface area contributed by atoms with Crippen LogP contribution in [0, 0.1) is 11.8 Å². The maximum absolute atomic E-state index is 12.7. The van der Waals surface area contributed by atoms with Gasteiger partial charge in [0.15, 0.2) is 0 Å². The molecule has 0 bridgehead atoms. The van der Waals surface area contributed by atoms with Crippen molar-refractivity contribution in [1.82, 2.24) is 16.0 Å². The average molecular weight is 435 g/mol. The largest absolute Gasteiger partial charge is 0.480 e. The number of amides is 3. The van der Waals surface area contributed by atoms with E-state index in [0.29, 0.717) is 6.42 Å². The van der Waals surface area contributed by atoms with Crippen LogP contribution >= 0.6 is 12.6 Å². The molecule has 6 unspecified atom stereocenters. The van der Waals surface area contributed by atoms with Crippen molar-refractivity contribution < 1.29 is 29.4 Å². The highest BCUT2D eigenvalue weighted by atomic mass is 32.1. The molecular weight excluding hydrogens is 400 g/mol. The van der Waals surface area contributed by atoms with Crippen molar-refractivity contribution in [2.75, 3.05) is 5.75 Å². The van der Waals surface area contributed by atoms with Crippen molar-refractivity contribution in [1.29, 1.82) is 0 Å². The summed E-state index contributed by atoms with van der Waals surface area (Å²) in [5.74, 6) is -3.94. The molecule has 29 heavy (non-hydrogen) atoms. The number of nitrogens with one attached hydrogen (secondary N) is 3. The third-order valence-electron chi connectivity index (χ3n) is 4.62. The summed E-state index contributed by atoms with van der Waals surface area (Å²) in [4.78, 5) is 48.7. The number of carboxylic acid groups (broad SMARTS) is 1. The Labute approximate surface area is 176 Å². The minimum absolute atomic E-state index is 0.0453. The molecule has 11 heteroatoms. The van der Waals surface area contributed by atoms with Crippen LogP contribution in [0.2, 0.25) is 0 Å². The standard InChI is InChI=1S/C18H34N4O6S/c1-6-9(4)13(16(25)20-12(8(2)3)18(27)28)21-17(26)14(10(5)23)22-15(24)11(19)7-29/h8-14,23,29H,6-7,19H2,1-5H3,(H,20,25)(H,21,26)(H,22,24)(H,27,28). The molecule has 7 N–H and O–H groups in total. The molecule has 6 atom stereocenters. The fourth-order valence-corrected chi connectivity index (χ4v) is 2.62. The van der Waals surface area contributed by atoms with Crippen molar-refractivity contribution in [2.24, 2.45) is 17.6 Å². The fraction of sp³-hybridized carbons (Fsp3) is 0.778. The molecule has 0 aliphatic heterocycles. The van der Waals surface area contributed by atoms with Gasteiger partial charge in [-0.15, -0.1) is 0 Å². The first-order valence-electron chi connectivity index (χ1n) is 9.55. The summed E-state index contributed by atoms with van der Waals surface area (Å²) < 4.78 is 0. The monoisotopic (exact) mass is 434 g/mol. The van der Waals surface area contributed by atoms with Crippen LogP contribution < -0.4 is 21.7 Å². The molecule has 0 rings (SSSR count). The second kappa shape index (κ2) is 12.7. The molecule has 168 valence electrons. The highest BCUT2D eigenvalue weighted by molar-refractivity contribution is 7.80. The lowest BCUT2D eigenvalue weighted by molar-refractivity contribution is -0.144. The van der Waals surface area contributed by atoms with Crippen molar-refractivity contribution in [3.8, 4) is 0 Å². The van der Waals surface area contributed by atoms with Gasteiger partial charge in [0.05, 0.1) is 12.1 Å². The number of carboxylic acids is 1. The molecule has 0 aromatic heterocycles. The first-order valence-corrected chi connectivity index (χ1v) is 10.2. The summed E-state index contributed by atoms with van der Waals surface area (Å²) in [5.41, 5.74) is 5.57. The predicted octanol–water partition coefficient (Wildman–Crippen LogP) is -1.13. The lowest BCUT2D eigenvalue weighted by atomic mass is 9.96. The van der Waals surface area contributed by atoms with Crippen molar-refractivity contribution in [2.45, 2.75) is 71.3 Å². The van der Waals surface area contributed by atoms with Crippen LogP contribution in [0.15, 0.2) is 0 Å². The molecule has 10 nitrogen and oxygen atoms in total. The van der Waals surface area contributed by atoms with Gasteiger partial charge >= 0.3 is 5.97 Å². The topological polar surface area (TPSA) is 171 Å². The summed E-state index contributed by atoms with van der Waals surface area (Å²) in [5, 5.41) is 26.5. The van der Waals surface area contributed by atoms with E-state index in [1.54, 1.807) is 20.8 Å². The molecule has 0 saturated carbocycles. The molecule has 0 heterocycles.